The molecule has 0 spiro atoms. The summed E-state index contributed by atoms with van der Waals surface area (Å²) in [5, 5.41) is 8.40. The molecule has 0 unspecified atom stereocenters. The summed E-state index contributed by atoms with van der Waals surface area (Å²) < 4.78 is 5.25. The third-order valence-corrected chi connectivity index (χ3v) is 3.82. The second-order valence-electron chi connectivity index (χ2n) is 4.48. The number of hydrogen-bond donors (Lipinski definition) is 2. The Hall–Kier alpha value is -2.41. The summed E-state index contributed by atoms with van der Waals surface area (Å²) in [7, 11) is 0. The Labute approximate surface area is 125 Å². The van der Waals surface area contributed by atoms with Crippen molar-refractivity contribution in [2.24, 2.45) is 0 Å². The van der Waals surface area contributed by atoms with E-state index < -0.39 is 0 Å². The standard InChI is InChI=1S/C14H13N3O3S/c18-12-8-20-11-2-1-9(7-10(11)17-12)14(19)16-4-3-13-15-5-6-21-13/h1-2,5-7H,3-4,8H2,(H,16,19)(H,17,18). The van der Waals surface area contributed by atoms with E-state index in [4.69, 9.17) is 4.74 Å². The molecule has 2 amide bonds. The molecule has 1 aliphatic rings. The van der Waals surface area contributed by atoms with Crippen molar-refractivity contribution < 1.29 is 14.3 Å². The van der Waals surface area contributed by atoms with Gasteiger partial charge < -0.3 is 15.4 Å². The number of amides is 2. The van der Waals surface area contributed by atoms with Crippen molar-refractivity contribution in [2.75, 3.05) is 18.5 Å². The number of ether oxygens (including phenoxy) is 1. The van der Waals surface area contributed by atoms with Crippen molar-refractivity contribution in [2.45, 2.75) is 6.42 Å². The fourth-order valence-electron chi connectivity index (χ4n) is 1.99. The van der Waals surface area contributed by atoms with Gasteiger partial charge in [-0.25, -0.2) is 4.98 Å². The molecule has 0 bridgehead atoms. The lowest BCUT2D eigenvalue weighted by Gasteiger charge is -2.18. The van der Waals surface area contributed by atoms with Gasteiger partial charge in [0.1, 0.15) is 5.75 Å². The Morgan fingerprint density at radius 1 is 1.48 bits per heavy atom. The lowest BCUT2D eigenvalue weighted by Crippen LogP contribution is -2.28. The summed E-state index contributed by atoms with van der Waals surface area (Å²) in [5.74, 6) is 0.173. The smallest absolute Gasteiger partial charge is 0.262 e. The number of hydrogen-bond acceptors (Lipinski definition) is 5. The van der Waals surface area contributed by atoms with E-state index >= 15 is 0 Å². The Bertz CT molecular complexity index is 670. The van der Waals surface area contributed by atoms with Crippen LogP contribution in [0, 0.1) is 0 Å². The first kappa shape index (κ1) is 13.6. The summed E-state index contributed by atoms with van der Waals surface area (Å²) in [6, 6.07) is 4.98. The Morgan fingerprint density at radius 3 is 3.19 bits per heavy atom. The Morgan fingerprint density at radius 2 is 2.38 bits per heavy atom. The van der Waals surface area contributed by atoms with E-state index in [1.54, 1.807) is 35.7 Å². The molecule has 0 aliphatic carbocycles. The van der Waals surface area contributed by atoms with Crippen LogP contribution in [0.3, 0.4) is 0 Å². The first-order chi connectivity index (χ1) is 10.2. The molecule has 3 rings (SSSR count). The number of nitrogens with zero attached hydrogens (tertiary/aromatic N) is 1. The molecule has 0 fully saturated rings. The lowest BCUT2D eigenvalue weighted by atomic mass is 10.1. The lowest BCUT2D eigenvalue weighted by molar-refractivity contribution is -0.118. The van der Waals surface area contributed by atoms with Crippen molar-refractivity contribution in [1.82, 2.24) is 10.3 Å². The van der Waals surface area contributed by atoms with Gasteiger partial charge in [-0.2, -0.15) is 0 Å². The molecular weight excluding hydrogens is 290 g/mol. The second kappa shape index (κ2) is 5.92. The monoisotopic (exact) mass is 303 g/mol. The molecule has 7 heteroatoms. The first-order valence-electron chi connectivity index (χ1n) is 6.45. The highest BCUT2D eigenvalue weighted by atomic mass is 32.1. The van der Waals surface area contributed by atoms with Crippen LogP contribution in [-0.4, -0.2) is 29.9 Å². The molecule has 1 aromatic heterocycles. The van der Waals surface area contributed by atoms with Gasteiger partial charge in [-0.3, -0.25) is 9.59 Å². The molecule has 0 atom stereocenters. The van der Waals surface area contributed by atoms with Gasteiger partial charge in [0.15, 0.2) is 6.61 Å². The van der Waals surface area contributed by atoms with E-state index in [9.17, 15) is 9.59 Å². The average Bonchev–Trinajstić information content (AvgIpc) is 2.99. The third kappa shape index (κ3) is 3.19. The van der Waals surface area contributed by atoms with E-state index in [-0.39, 0.29) is 18.4 Å². The molecule has 2 aromatic rings. The molecule has 0 saturated carbocycles. The van der Waals surface area contributed by atoms with Gasteiger partial charge in [0.05, 0.1) is 10.7 Å². The summed E-state index contributed by atoms with van der Waals surface area (Å²) in [4.78, 5) is 27.5. The van der Waals surface area contributed by atoms with Crippen LogP contribution >= 0.6 is 11.3 Å². The second-order valence-corrected chi connectivity index (χ2v) is 5.46. The number of thiazole rings is 1. The predicted octanol–water partition coefficient (Wildman–Crippen LogP) is 1.45. The minimum Gasteiger partial charge on any atom is -0.482 e. The topological polar surface area (TPSA) is 80.3 Å². The molecule has 6 nitrogen and oxygen atoms in total. The molecule has 0 saturated heterocycles. The van der Waals surface area contributed by atoms with Gasteiger partial charge in [-0.05, 0) is 18.2 Å². The van der Waals surface area contributed by atoms with Gasteiger partial charge in [-0.1, -0.05) is 0 Å². The van der Waals surface area contributed by atoms with Crippen LogP contribution in [-0.2, 0) is 11.2 Å². The number of fused-ring (bicyclic) bond motifs is 1. The van der Waals surface area contributed by atoms with Gasteiger partial charge in [0.2, 0.25) is 0 Å². The highest BCUT2D eigenvalue weighted by Gasteiger charge is 2.17. The zero-order valence-corrected chi connectivity index (χ0v) is 11.9. The number of anilines is 1. The van der Waals surface area contributed by atoms with Crippen molar-refractivity contribution in [3.63, 3.8) is 0 Å². The van der Waals surface area contributed by atoms with Crippen LogP contribution in [0.4, 0.5) is 5.69 Å². The molecule has 2 N–H and O–H groups in total. The summed E-state index contributed by atoms with van der Waals surface area (Å²) in [6.45, 7) is 0.526. The number of benzene rings is 1. The summed E-state index contributed by atoms with van der Waals surface area (Å²) in [5.41, 5.74) is 1.01. The Kier molecular flexibility index (Phi) is 3.83. The van der Waals surface area contributed by atoms with E-state index in [1.807, 2.05) is 5.38 Å². The molecule has 108 valence electrons. The zero-order valence-electron chi connectivity index (χ0n) is 11.1. The number of carbonyl (C=O) groups is 2. The van der Waals surface area contributed by atoms with Crippen LogP contribution in [0.15, 0.2) is 29.8 Å². The fourth-order valence-corrected chi connectivity index (χ4v) is 2.61. The maximum Gasteiger partial charge on any atom is 0.262 e. The number of carbonyl (C=O) groups excluding carboxylic acids is 2. The van der Waals surface area contributed by atoms with E-state index in [2.05, 4.69) is 15.6 Å². The van der Waals surface area contributed by atoms with Crippen LogP contribution in [0.1, 0.15) is 15.4 Å². The number of aromatic nitrogens is 1. The van der Waals surface area contributed by atoms with Crippen molar-refractivity contribution >= 4 is 28.8 Å². The van der Waals surface area contributed by atoms with Crippen molar-refractivity contribution in [3.05, 3.63) is 40.3 Å². The molecule has 1 aromatic carbocycles. The van der Waals surface area contributed by atoms with Gasteiger partial charge in [-0.15, -0.1) is 11.3 Å². The highest BCUT2D eigenvalue weighted by Crippen LogP contribution is 2.28. The maximum absolute atomic E-state index is 12.1. The van der Waals surface area contributed by atoms with Crippen LogP contribution in [0.5, 0.6) is 5.75 Å². The molecule has 21 heavy (non-hydrogen) atoms. The average molecular weight is 303 g/mol. The molecule has 0 radical (unpaired) electrons. The van der Waals surface area contributed by atoms with Crippen LogP contribution in [0.25, 0.3) is 0 Å². The largest absolute Gasteiger partial charge is 0.482 e. The van der Waals surface area contributed by atoms with Gasteiger partial charge in [0, 0.05) is 30.1 Å². The number of rotatable bonds is 4. The van der Waals surface area contributed by atoms with Gasteiger partial charge in [0.25, 0.3) is 11.8 Å². The molecule has 1 aliphatic heterocycles. The quantitative estimate of drug-likeness (QED) is 0.896. The predicted molar refractivity (Wildman–Crippen MR) is 78.7 cm³/mol. The first-order valence-corrected chi connectivity index (χ1v) is 7.33. The third-order valence-electron chi connectivity index (χ3n) is 2.98. The maximum atomic E-state index is 12.1. The summed E-state index contributed by atoms with van der Waals surface area (Å²) in [6.07, 6.45) is 2.45. The molecule has 2 heterocycles. The highest BCUT2D eigenvalue weighted by molar-refractivity contribution is 7.09. The normalized spacial score (nSPS) is 13.0. The van der Waals surface area contributed by atoms with E-state index in [1.165, 1.54) is 0 Å². The Balaban J connectivity index is 1.62. The minimum atomic E-state index is -0.219. The van der Waals surface area contributed by atoms with E-state index in [0.29, 0.717) is 30.0 Å². The van der Waals surface area contributed by atoms with Crippen LogP contribution < -0.4 is 15.4 Å². The van der Waals surface area contributed by atoms with Gasteiger partial charge >= 0.3 is 0 Å². The van der Waals surface area contributed by atoms with Crippen molar-refractivity contribution in [1.29, 1.82) is 0 Å². The molecular formula is C14H13N3O3S. The van der Waals surface area contributed by atoms with E-state index in [0.717, 1.165) is 5.01 Å². The van der Waals surface area contributed by atoms with Crippen LogP contribution in [0.2, 0.25) is 0 Å². The number of nitrogens with one attached hydrogen (secondary N) is 2. The SMILES string of the molecule is O=C1COc2ccc(C(=O)NCCc3nccs3)cc2N1. The zero-order chi connectivity index (χ0) is 14.7. The fraction of sp³-hybridized carbons (Fsp3) is 0.214. The summed E-state index contributed by atoms with van der Waals surface area (Å²) >= 11 is 1.56. The minimum absolute atomic E-state index is 0.00631. The van der Waals surface area contributed by atoms with Crippen molar-refractivity contribution in [3.8, 4) is 5.75 Å².